The highest BCUT2D eigenvalue weighted by atomic mass is 16.5. The molecule has 0 aliphatic heterocycles. The standard InChI is InChI=1S/C20H33NO/c1-16(21(5)20(2,3)4)15-22-19-13-11-18(12-14-19)17-9-7-6-8-10-17/h6-10,16,18-19H,11-15H2,1-5H3. The summed E-state index contributed by atoms with van der Waals surface area (Å²) in [7, 11) is 2.19. The van der Waals surface area contributed by atoms with Crippen molar-refractivity contribution in [2.24, 2.45) is 0 Å². The number of likely N-dealkylation sites (N-methyl/N-ethyl adjacent to an activating group) is 1. The Hall–Kier alpha value is -0.860. The van der Waals surface area contributed by atoms with Crippen molar-refractivity contribution in [2.75, 3.05) is 13.7 Å². The van der Waals surface area contributed by atoms with Gasteiger partial charge in [0.05, 0.1) is 12.7 Å². The molecule has 1 aliphatic rings. The van der Waals surface area contributed by atoms with Crippen LogP contribution in [0.2, 0.25) is 0 Å². The van der Waals surface area contributed by atoms with E-state index in [1.165, 1.54) is 31.2 Å². The van der Waals surface area contributed by atoms with Gasteiger partial charge in [0.1, 0.15) is 0 Å². The second-order valence-corrected chi connectivity index (χ2v) is 7.85. The maximum absolute atomic E-state index is 6.20. The first-order valence-electron chi connectivity index (χ1n) is 8.77. The monoisotopic (exact) mass is 303 g/mol. The zero-order valence-electron chi connectivity index (χ0n) is 15.0. The Morgan fingerprint density at radius 1 is 1.09 bits per heavy atom. The molecular weight excluding hydrogens is 270 g/mol. The van der Waals surface area contributed by atoms with Crippen LogP contribution in [-0.2, 0) is 4.74 Å². The van der Waals surface area contributed by atoms with Crippen LogP contribution in [0.3, 0.4) is 0 Å². The van der Waals surface area contributed by atoms with E-state index in [2.05, 4.69) is 70.0 Å². The van der Waals surface area contributed by atoms with Gasteiger partial charge in [0.2, 0.25) is 0 Å². The summed E-state index contributed by atoms with van der Waals surface area (Å²) in [6.07, 6.45) is 5.38. The van der Waals surface area contributed by atoms with Crippen LogP contribution in [0.15, 0.2) is 30.3 Å². The summed E-state index contributed by atoms with van der Waals surface area (Å²) in [6, 6.07) is 11.4. The lowest BCUT2D eigenvalue weighted by Crippen LogP contribution is -2.46. The fourth-order valence-corrected chi connectivity index (χ4v) is 3.34. The summed E-state index contributed by atoms with van der Waals surface area (Å²) < 4.78 is 6.20. The topological polar surface area (TPSA) is 12.5 Å². The van der Waals surface area contributed by atoms with Crippen molar-refractivity contribution in [1.29, 1.82) is 0 Å². The van der Waals surface area contributed by atoms with Gasteiger partial charge in [-0.1, -0.05) is 30.3 Å². The van der Waals surface area contributed by atoms with E-state index in [-0.39, 0.29) is 5.54 Å². The molecule has 0 amide bonds. The van der Waals surface area contributed by atoms with Crippen LogP contribution in [0.5, 0.6) is 0 Å². The number of rotatable bonds is 5. The van der Waals surface area contributed by atoms with Gasteiger partial charge in [0.25, 0.3) is 0 Å². The van der Waals surface area contributed by atoms with Crippen molar-refractivity contribution in [3.8, 4) is 0 Å². The van der Waals surface area contributed by atoms with E-state index in [0.717, 1.165) is 12.5 Å². The zero-order valence-corrected chi connectivity index (χ0v) is 15.0. The largest absolute Gasteiger partial charge is 0.377 e. The van der Waals surface area contributed by atoms with E-state index in [1.54, 1.807) is 0 Å². The molecule has 1 saturated carbocycles. The molecule has 0 spiro atoms. The molecule has 0 aromatic heterocycles. The third kappa shape index (κ3) is 4.82. The molecule has 0 N–H and O–H groups in total. The van der Waals surface area contributed by atoms with Crippen molar-refractivity contribution < 1.29 is 4.74 Å². The molecule has 1 fully saturated rings. The van der Waals surface area contributed by atoms with Crippen molar-refractivity contribution in [1.82, 2.24) is 4.90 Å². The molecule has 0 heterocycles. The minimum atomic E-state index is 0.202. The fourth-order valence-electron chi connectivity index (χ4n) is 3.34. The highest BCUT2D eigenvalue weighted by Gasteiger charge is 2.26. The highest BCUT2D eigenvalue weighted by Crippen LogP contribution is 2.34. The van der Waals surface area contributed by atoms with Crippen LogP contribution in [0.25, 0.3) is 0 Å². The average molecular weight is 303 g/mol. The molecule has 1 aromatic rings. The van der Waals surface area contributed by atoms with Gasteiger partial charge in [-0.05, 0) is 71.9 Å². The van der Waals surface area contributed by atoms with E-state index in [0.29, 0.717) is 12.1 Å². The number of nitrogens with zero attached hydrogens (tertiary/aromatic N) is 1. The molecule has 0 radical (unpaired) electrons. The fraction of sp³-hybridized carbons (Fsp3) is 0.700. The summed E-state index contributed by atoms with van der Waals surface area (Å²) >= 11 is 0. The molecule has 124 valence electrons. The van der Waals surface area contributed by atoms with Gasteiger partial charge in [-0.3, -0.25) is 4.90 Å². The Labute approximate surface area is 136 Å². The molecule has 2 rings (SSSR count). The number of hydrogen-bond acceptors (Lipinski definition) is 2. The Morgan fingerprint density at radius 3 is 2.23 bits per heavy atom. The third-order valence-corrected chi connectivity index (χ3v) is 5.24. The molecule has 1 atom stereocenters. The molecular formula is C20H33NO. The summed E-state index contributed by atoms with van der Waals surface area (Å²) in [5.74, 6) is 0.732. The predicted molar refractivity (Wildman–Crippen MR) is 94.4 cm³/mol. The Morgan fingerprint density at radius 2 is 1.68 bits per heavy atom. The first-order chi connectivity index (χ1) is 10.4. The lowest BCUT2D eigenvalue weighted by molar-refractivity contribution is -0.0184. The molecule has 0 bridgehead atoms. The predicted octanol–water partition coefficient (Wildman–Crippen LogP) is 4.85. The SMILES string of the molecule is CC(COC1CCC(c2ccccc2)CC1)N(C)C(C)(C)C. The molecule has 1 aliphatic carbocycles. The zero-order chi connectivity index (χ0) is 16.2. The quantitative estimate of drug-likeness (QED) is 0.771. The van der Waals surface area contributed by atoms with Crippen LogP contribution in [0, 0.1) is 0 Å². The van der Waals surface area contributed by atoms with E-state index in [9.17, 15) is 0 Å². The van der Waals surface area contributed by atoms with Gasteiger partial charge in [-0.15, -0.1) is 0 Å². The summed E-state index contributed by atoms with van der Waals surface area (Å²) in [6.45, 7) is 9.88. The summed E-state index contributed by atoms with van der Waals surface area (Å²) in [5.41, 5.74) is 1.70. The van der Waals surface area contributed by atoms with Crippen molar-refractivity contribution >= 4 is 0 Å². The second-order valence-electron chi connectivity index (χ2n) is 7.85. The van der Waals surface area contributed by atoms with Crippen molar-refractivity contribution in [2.45, 2.75) is 77.0 Å². The lowest BCUT2D eigenvalue weighted by atomic mass is 9.83. The van der Waals surface area contributed by atoms with Gasteiger partial charge in [-0.2, -0.15) is 0 Å². The minimum absolute atomic E-state index is 0.202. The molecule has 2 nitrogen and oxygen atoms in total. The molecule has 0 saturated heterocycles. The summed E-state index contributed by atoms with van der Waals surface area (Å²) in [5, 5.41) is 0. The smallest absolute Gasteiger partial charge is 0.0623 e. The normalized spacial score (nSPS) is 24.5. The second kappa shape index (κ2) is 7.61. The van der Waals surface area contributed by atoms with E-state index in [4.69, 9.17) is 4.74 Å². The number of ether oxygens (including phenoxy) is 1. The molecule has 2 heteroatoms. The summed E-state index contributed by atoms with van der Waals surface area (Å²) in [4.78, 5) is 2.41. The van der Waals surface area contributed by atoms with Gasteiger partial charge in [0, 0.05) is 11.6 Å². The number of benzene rings is 1. The Balaban J connectivity index is 1.74. The maximum Gasteiger partial charge on any atom is 0.0623 e. The first-order valence-corrected chi connectivity index (χ1v) is 8.77. The average Bonchev–Trinajstić information content (AvgIpc) is 2.52. The van der Waals surface area contributed by atoms with E-state index in [1.807, 2.05) is 0 Å². The van der Waals surface area contributed by atoms with Gasteiger partial charge in [-0.25, -0.2) is 0 Å². The van der Waals surface area contributed by atoms with Gasteiger partial charge < -0.3 is 4.74 Å². The van der Waals surface area contributed by atoms with Crippen LogP contribution in [-0.4, -0.2) is 36.2 Å². The first kappa shape index (κ1) is 17.5. The van der Waals surface area contributed by atoms with Crippen LogP contribution in [0.4, 0.5) is 0 Å². The highest BCUT2D eigenvalue weighted by molar-refractivity contribution is 5.19. The molecule has 1 aromatic carbocycles. The number of hydrogen-bond donors (Lipinski definition) is 0. The van der Waals surface area contributed by atoms with Gasteiger partial charge >= 0.3 is 0 Å². The molecule has 1 unspecified atom stereocenters. The minimum Gasteiger partial charge on any atom is -0.377 e. The van der Waals surface area contributed by atoms with Crippen molar-refractivity contribution in [3.63, 3.8) is 0 Å². The maximum atomic E-state index is 6.20. The Kier molecular flexibility index (Phi) is 6.05. The van der Waals surface area contributed by atoms with E-state index < -0.39 is 0 Å². The van der Waals surface area contributed by atoms with Crippen LogP contribution in [0.1, 0.15) is 64.9 Å². The van der Waals surface area contributed by atoms with E-state index >= 15 is 0 Å². The Bertz CT molecular complexity index is 429. The van der Waals surface area contributed by atoms with Crippen molar-refractivity contribution in [3.05, 3.63) is 35.9 Å². The molecule has 22 heavy (non-hydrogen) atoms. The lowest BCUT2D eigenvalue weighted by Gasteiger charge is -2.38. The van der Waals surface area contributed by atoms with Gasteiger partial charge in [0.15, 0.2) is 0 Å². The third-order valence-electron chi connectivity index (χ3n) is 5.24. The van der Waals surface area contributed by atoms with Crippen LogP contribution >= 0.6 is 0 Å². The van der Waals surface area contributed by atoms with Crippen LogP contribution < -0.4 is 0 Å².